The largest absolute Gasteiger partial charge is 0.500 e. The Bertz CT molecular complexity index is 129. The Balaban J connectivity index is 4.24. The lowest BCUT2D eigenvalue weighted by Crippen LogP contribution is -2.44. The zero-order chi connectivity index (χ0) is 11.0. The molecule has 1 atom stereocenters. The zero-order valence-corrected chi connectivity index (χ0v) is 11.1. The highest BCUT2D eigenvalue weighted by Crippen LogP contribution is 2.25. The lowest BCUT2D eigenvalue weighted by Gasteiger charge is -2.28. The molecule has 0 saturated heterocycles. The van der Waals surface area contributed by atoms with Crippen LogP contribution in [0.3, 0.4) is 0 Å². The van der Waals surface area contributed by atoms with Gasteiger partial charge in [-0.3, -0.25) is 0 Å². The molecule has 0 heterocycles. The normalized spacial score (nSPS) is 14.4. The topological polar surface area (TPSA) is 27.7 Å². The Hall–Kier alpha value is 0.0969. The van der Waals surface area contributed by atoms with Gasteiger partial charge in [-0.25, -0.2) is 0 Å². The minimum absolute atomic E-state index is 0.659. The highest BCUT2D eigenvalue weighted by molar-refractivity contribution is 6.60. The molecule has 0 fully saturated rings. The molecular formula is C10H24O3Si. The lowest BCUT2D eigenvalue weighted by atomic mass is 10.0. The van der Waals surface area contributed by atoms with Gasteiger partial charge in [-0.15, -0.1) is 0 Å². The van der Waals surface area contributed by atoms with Crippen LogP contribution in [0.4, 0.5) is 0 Å². The summed E-state index contributed by atoms with van der Waals surface area (Å²) in [5.74, 6) is 0.659. The van der Waals surface area contributed by atoms with Gasteiger partial charge in [-0.2, -0.15) is 0 Å². The van der Waals surface area contributed by atoms with E-state index in [4.69, 9.17) is 13.3 Å². The molecule has 0 saturated carbocycles. The molecule has 14 heavy (non-hydrogen) atoms. The molecule has 0 aromatic rings. The molecule has 86 valence electrons. The Morgan fingerprint density at radius 2 is 1.50 bits per heavy atom. The summed E-state index contributed by atoms with van der Waals surface area (Å²) >= 11 is 0. The molecule has 0 bridgehead atoms. The van der Waals surface area contributed by atoms with E-state index in [-0.39, 0.29) is 0 Å². The predicted octanol–water partition coefficient (Wildman–Crippen LogP) is 2.69. The maximum atomic E-state index is 5.41. The van der Waals surface area contributed by atoms with E-state index < -0.39 is 8.80 Å². The van der Waals surface area contributed by atoms with Gasteiger partial charge in [0.2, 0.25) is 0 Å². The fourth-order valence-corrected chi connectivity index (χ4v) is 3.91. The van der Waals surface area contributed by atoms with Crippen LogP contribution in [-0.2, 0) is 13.3 Å². The van der Waals surface area contributed by atoms with Crippen LogP contribution in [0.1, 0.15) is 33.1 Å². The molecule has 4 heteroatoms. The van der Waals surface area contributed by atoms with Gasteiger partial charge in [0.15, 0.2) is 0 Å². The van der Waals surface area contributed by atoms with Crippen LogP contribution >= 0.6 is 0 Å². The predicted molar refractivity (Wildman–Crippen MR) is 60.3 cm³/mol. The van der Waals surface area contributed by atoms with E-state index >= 15 is 0 Å². The van der Waals surface area contributed by atoms with E-state index in [0.717, 1.165) is 6.04 Å². The van der Waals surface area contributed by atoms with Gasteiger partial charge in [0.1, 0.15) is 0 Å². The van der Waals surface area contributed by atoms with Crippen molar-refractivity contribution in [2.75, 3.05) is 21.3 Å². The van der Waals surface area contributed by atoms with E-state index in [9.17, 15) is 0 Å². The molecule has 0 radical (unpaired) electrons. The van der Waals surface area contributed by atoms with Crippen molar-refractivity contribution < 1.29 is 13.3 Å². The molecule has 0 aliphatic rings. The number of hydrogen-bond acceptors (Lipinski definition) is 3. The smallest absolute Gasteiger partial charge is 0.377 e. The molecule has 1 unspecified atom stereocenters. The first-order chi connectivity index (χ1) is 6.67. The first-order valence-corrected chi connectivity index (χ1v) is 7.26. The number of hydrogen-bond donors (Lipinski definition) is 0. The highest BCUT2D eigenvalue weighted by Gasteiger charge is 2.39. The summed E-state index contributed by atoms with van der Waals surface area (Å²) in [6, 6.07) is 0.931. The van der Waals surface area contributed by atoms with Crippen LogP contribution in [-0.4, -0.2) is 30.1 Å². The van der Waals surface area contributed by atoms with Crippen LogP contribution < -0.4 is 0 Å². The van der Waals surface area contributed by atoms with E-state index in [2.05, 4.69) is 13.8 Å². The van der Waals surface area contributed by atoms with Crippen molar-refractivity contribution in [1.82, 2.24) is 0 Å². The average molecular weight is 220 g/mol. The fourth-order valence-electron chi connectivity index (χ4n) is 1.71. The van der Waals surface area contributed by atoms with Crippen molar-refractivity contribution in [3.05, 3.63) is 0 Å². The van der Waals surface area contributed by atoms with Gasteiger partial charge in [-0.1, -0.05) is 33.1 Å². The molecule has 0 aromatic carbocycles. The van der Waals surface area contributed by atoms with E-state index in [1.807, 2.05) is 0 Å². The molecular weight excluding hydrogens is 196 g/mol. The second-order valence-corrected chi connectivity index (χ2v) is 6.56. The van der Waals surface area contributed by atoms with Gasteiger partial charge >= 0.3 is 8.80 Å². The fraction of sp³-hybridized carbons (Fsp3) is 1.00. The quantitative estimate of drug-likeness (QED) is 0.589. The Morgan fingerprint density at radius 1 is 1.00 bits per heavy atom. The van der Waals surface area contributed by atoms with E-state index in [1.54, 1.807) is 21.3 Å². The van der Waals surface area contributed by atoms with Crippen molar-refractivity contribution in [2.45, 2.75) is 39.2 Å². The molecule has 0 aromatic heterocycles. The maximum Gasteiger partial charge on any atom is 0.500 e. The lowest BCUT2D eigenvalue weighted by molar-refractivity contribution is 0.117. The minimum atomic E-state index is -2.34. The summed E-state index contributed by atoms with van der Waals surface area (Å²) in [5.41, 5.74) is 0. The average Bonchev–Trinajstić information content (AvgIpc) is 2.25. The molecule has 0 rings (SSSR count). The summed E-state index contributed by atoms with van der Waals surface area (Å²) < 4.78 is 16.2. The van der Waals surface area contributed by atoms with Gasteiger partial charge in [-0.05, 0) is 5.92 Å². The molecule has 0 N–H and O–H groups in total. The van der Waals surface area contributed by atoms with Crippen molar-refractivity contribution in [3.63, 3.8) is 0 Å². The zero-order valence-electron chi connectivity index (χ0n) is 10.1. The Kier molecular flexibility index (Phi) is 7.45. The second-order valence-electron chi connectivity index (χ2n) is 3.56. The molecule has 0 aliphatic heterocycles. The maximum absolute atomic E-state index is 5.41. The Morgan fingerprint density at radius 3 is 1.79 bits per heavy atom. The van der Waals surface area contributed by atoms with Gasteiger partial charge in [0.25, 0.3) is 0 Å². The first kappa shape index (κ1) is 14.1. The summed E-state index contributed by atoms with van der Waals surface area (Å²) in [7, 11) is 2.70. The van der Waals surface area contributed by atoms with Gasteiger partial charge in [0.05, 0.1) is 0 Å². The van der Waals surface area contributed by atoms with Crippen LogP contribution in [0.25, 0.3) is 0 Å². The number of rotatable bonds is 8. The SMILES string of the molecule is CCCC(CC)C[Si](OC)(OC)OC. The Labute approximate surface area is 89.1 Å². The highest BCUT2D eigenvalue weighted by atomic mass is 28.4. The van der Waals surface area contributed by atoms with Crippen LogP contribution in [0, 0.1) is 5.92 Å². The van der Waals surface area contributed by atoms with Crippen molar-refractivity contribution in [3.8, 4) is 0 Å². The van der Waals surface area contributed by atoms with Crippen molar-refractivity contribution in [1.29, 1.82) is 0 Å². The second kappa shape index (κ2) is 7.40. The van der Waals surface area contributed by atoms with Crippen LogP contribution in [0.15, 0.2) is 0 Å². The first-order valence-electron chi connectivity index (χ1n) is 5.33. The molecule has 0 amide bonds. The van der Waals surface area contributed by atoms with Crippen LogP contribution in [0.5, 0.6) is 0 Å². The molecule has 0 spiro atoms. The van der Waals surface area contributed by atoms with Crippen molar-refractivity contribution in [2.24, 2.45) is 5.92 Å². The third kappa shape index (κ3) is 4.08. The minimum Gasteiger partial charge on any atom is -0.377 e. The standard InChI is InChI=1S/C10H24O3Si/c1-6-8-10(7-2)9-14(11-3,12-4)13-5/h10H,6-9H2,1-5H3. The van der Waals surface area contributed by atoms with Crippen molar-refractivity contribution >= 4 is 8.80 Å². The third-order valence-corrected chi connectivity index (χ3v) is 5.69. The van der Waals surface area contributed by atoms with E-state index in [0.29, 0.717) is 5.92 Å². The summed E-state index contributed by atoms with van der Waals surface area (Å²) in [6.07, 6.45) is 3.60. The van der Waals surface area contributed by atoms with Gasteiger partial charge in [0, 0.05) is 27.4 Å². The van der Waals surface area contributed by atoms with E-state index in [1.165, 1.54) is 19.3 Å². The molecule has 0 aliphatic carbocycles. The summed E-state index contributed by atoms with van der Waals surface area (Å²) in [5, 5.41) is 0. The third-order valence-electron chi connectivity index (χ3n) is 2.75. The molecule has 3 nitrogen and oxygen atoms in total. The summed E-state index contributed by atoms with van der Waals surface area (Å²) in [4.78, 5) is 0. The summed E-state index contributed by atoms with van der Waals surface area (Å²) in [6.45, 7) is 4.42. The van der Waals surface area contributed by atoms with Gasteiger partial charge < -0.3 is 13.3 Å². The monoisotopic (exact) mass is 220 g/mol. The van der Waals surface area contributed by atoms with Crippen LogP contribution in [0.2, 0.25) is 6.04 Å².